The fourth-order valence-electron chi connectivity index (χ4n) is 3.85. The molecule has 40 heavy (non-hydrogen) atoms. The summed E-state index contributed by atoms with van der Waals surface area (Å²) < 4.78 is 10.5. The van der Waals surface area contributed by atoms with E-state index in [0.29, 0.717) is 34.1 Å². The number of aliphatic carboxylic acids is 1. The number of methoxy groups -OCH3 is 2. The lowest BCUT2D eigenvalue weighted by Crippen LogP contribution is -2.35. The lowest BCUT2D eigenvalue weighted by molar-refractivity contribution is -0.138. The van der Waals surface area contributed by atoms with E-state index in [1.165, 1.54) is 14.2 Å². The molecular weight excluding hydrogens is 516 g/mol. The molecule has 0 aliphatic heterocycles. The highest BCUT2D eigenvalue weighted by Gasteiger charge is 2.24. The zero-order chi connectivity index (χ0) is 29.1. The van der Waals surface area contributed by atoms with Crippen LogP contribution in [-0.4, -0.2) is 43.1 Å². The van der Waals surface area contributed by atoms with Gasteiger partial charge >= 0.3 is 12.0 Å². The number of urea groups is 1. The van der Waals surface area contributed by atoms with Crippen LogP contribution in [0.5, 0.6) is 11.5 Å². The molecule has 3 aromatic rings. The summed E-state index contributed by atoms with van der Waals surface area (Å²) in [7, 11) is 2.94. The van der Waals surface area contributed by atoms with Crippen molar-refractivity contribution in [3.05, 3.63) is 78.4 Å². The van der Waals surface area contributed by atoms with Gasteiger partial charge in [-0.2, -0.15) is 0 Å². The maximum absolute atomic E-state index is 12.9. The standard InChI is InChI=1S/C29H32N4O7/c1-18(28(37)33-23(17-27(35)36)19-9-14-24(39-2)25(16-19)40-3)15-26(34)30-21-10-12-22(13-11-21)32-29(38)31-20-7-5-4-6-8-20/h4-14,16,18,23H,15,17H2,1-3H3,(H,30,34)(H,33,37)(H,35,36)(H2,31,32,38). The number of benzene rings is 3. The van der Waals surface area contributed by atoms with Crippen LogP contribution in [0, 0.1) is 5.92 Å². The quantitative estimate of drug-likeness (QED) is 0.221. The second kappa shape index (κ2) is 14.2. The van der Waals surface area contributed by atoms with E-state index in [1.54, 1.807) is 61.5 Å². The minimum atomic E-state index is -1.10. The normalized spacial score (nSPS) is 11.9. The van der Waals surface area contributed by atoms with E-state index < -0.39 is 35.8 Å². The Kier molecular flexibility index (Phi) is 10.5. The van der Waals surface area contributed by atoms with Crippen molar-refractivity contribution >= 4 is 40.9 Å². The van der Waals surface area contributed by atoms with Gasteiger partial charge in [0, 0.05) is 29.4 Å². The summed E-state index contributed by atoms with van der Waals surface area (Å²) in [5, 5.41) is 20.2. The minimum Gasteiger partial charge on any atom is -0.493 e. The smallest absolute Gasteiger partial charge is 0.323 e. The number of carbonyl (C=O) groups excluding carboxylic acids is 3. The molecule has 0 saturated heterocycles. The molecule has 2 unspecified atom stereocenters. The van der Waals surface area contributed by atoms with E-state index in [-0.39, 0.29) is 12.8 Å². The van der Waals surface area contributed by atoms with Gasteiger partial charge in [-0.25, -0.2) is 4.79 Å². The molecule has 11 heteroatoms. The molecule has 4 amide bonds. The predicted octanol–water partition coefficient (Wildman–Crippen LogP) is 4.64. The summed E-state index contributed by atoms with van der Waals surface area (Å²) in [5.41, 5.74) is 2.19. The third-order valence-corrected chi connectivity index (χ3v) is 5.90. The summed E-state index contributed by atoms with van der Waals surface area (Å²) in [6.07, 6.45) is -0.485. The van der Waals surface area contributed by atoms with Gasteiger partial charge < -0.3 is 35.8 Å². The SMILES string of the molecule is COc1ccc(C(CC(=O)O)NC(=O)C(C)CC(=O)Nc2ccc(NC(=O)Nc3ccccc3)cc2)cc1OC. The van der Waals surface area contributed by atoms with Crippen LogP contribution in [0.1, 0.15) is 31.4 Å². The monoisotopic (exact) mass is 548 g/mol. The first-order valence-corrected chi connectivity index (χ1v) is 12.5. The molecule has 0 aromatic heterocycles. The third kappa shape index (κ3) is 8.76. The lowest BCUT2D eigenvalue weighted by atomic mass is 10.0. The van der Waals surface area contributed by atoms with Crippen LogP contribution in [-0.2, 0) is 14.4 Å². The number of amides is 4. The fraction of sp³-hybridized carbons (Fsp3) is 0.241. The first kappa shape index (κ1) is 29.5. The van der Waals surface area contributed by atoms with Crippen molar-refractivity contribution in [2.45, 2.75) is 25.8 Å². The van der Waals surface area contributed by atoms with Gasteiger partial charge in [0.2, 0.25) is 11.8 Å². The number of hydrogen-bond donors (Lipinski definition) is 5. The molecule has 3 rings (SSSR count). The third-order valence-electron chi connectivity index (χ3n) is 5.90. The molecule has 11 nitrogen and oxygen atoms in total. The van der Waals surface area contributed by atoms with Crippen LogP contribution in [0.4, 0.5) is 21.9 Å². The van der Waals surface area contributed by atoms with Gasteiger partial charge in [0.15, 0.2) is 11.5 Å². The number of hydrogen-bond acceptors (Lipinski definition) is 6. The van der Waals surface area contributed by atoms with E-state index in [2.05, 4.69) is 21.3 Å². The molecule has 5 N–H and O–H groups in total. The summed E-state index contributed by atoms with van der Waals surface area (Å²) >= 11 is 0. The Morgan fingerprint density at radius 1 is 0.750 bits per heavy atom. The number of carboxylic acid groups (broad SMARTS) is 1. The predicted molar refractivity (Wildman–Crippen MR) is 151 cm³/mol. The highest BCUT2D eigenvalue weighted by molar-refractivity contribution is 6.00. The van der Waals surface area contributed by atoms with Gasteiger partial charge in [-0.05, 0) is 54.1 Å². The number of carboxylic acids is 1. The molecule has 0 spiro atoms. The van der Waals surface area contributed by atoms with Crippen LogP contribution in [0.25, 0.3) is 0 Å². The summed E-state index contributed by atoms with van der Waals surface area (Å²) in [6, 6.07) is 19.2. The van der Waals surface area contributed by atoms with Gasteiger partial charge in [0.25, 0.3) is 0 Å². The number of anilines is 3. The van der Waals surface area contributed by atoms with Crippen molar-refractivity contribution in [1.29, 1.82) is 0 Å². The van der Waals surface area contributed by atoms with Crippen LogP contribution < -0.4 is 30.7 Å². The van der Waals surface area contributed by atoms with Crippen LogP contribution >= 0.6 is 0 Å². The first-order valence-electron chi connectivity index (χ1n) is 12.5. The van der Waals surface area contributed by atoms with E-state index in [4.69, 9.17) is 9.47 Å². The Labute approximate surface area is 231 Å². The molecule has 0 radical (unpaired) electrons. The maximum atomic E-state index is 12.9. The van der Waals surface area contributed by atoms with E-state index in [0.717, 1.165) is 0 Å². The van der Waals surface area contributed by atoms with E-state index in [9.17, 15) is 24.3 Å². The first-order chi connectivity index (χ1) is 19.2. The Bertz CT molecular complexity index is 1330. The lowest BCUT2D eigenvalue weighted by Gasteiger charge is -2.21. The molecule has 0 aliphatic carbocycles. The van der Waals surface area contributed by atoms with Gasteiger partial charge in [0.05, 0.1) is 26.7 Å². The summed E-state index contributed by atoms with van der Waals surface area (Å²) in [5.74, 6) is -1.84. The van der Waals surface area contributed by atoms with Crippen LogP contribution in [0.2, 0.25) is 0 Å². The van der Waals surface area contributed by atoms with Crippen molar-refractivity contribution in [2.24, 2.45) is 5.92 Å². The Morgan fingerprint density at radius 2 is 1.32 bits per heavy atom. The van der Waals surface area contributed by atoms with Crippen LogP contribution in [0.15, 0.2) is 72.8 Å². The van der Waals surface area contributed by atoms with Crippen molar-refractivity contribution in [3.8, 4) is 11.5 Å². The van der Waals surface area contributed by atoms with Crippen molar-refractivity contribution in [1.82, 2.24) is 5.32 Å². The average Bonchev–Trinajstić information content (AvgIpc) is 2.93. The molecule has 3 aromatic carbocycles. The van der Waals surface area contributed by atoms with Crippen molar-refractivity contribution < 1.29 is 33.8 Å². The molecule has 0 saturated carbocycles. The van der Waals surface area contributed by atoms with Gasteiger partial charge in [-0.15, -0.1) is 0 Å². The van der Waals surface area contributed by atoms with E-state index in [1.807, 2.05) is 18.2 Å². The molecule has 210 valence electrons. The average molecular weight is 549 g/mol. The number of carbonyl (C=O) groups is 4. The second-order valence-electron chi connectivity index (χ2n) is 8.95. The number of para-hydroxylation sites is 1. The summed E-state index contributed by atoms with van der Waals surface area (Å²) in [6.45, 7) is 1.58. The molecule has 0 heterocycles. The molecule has 0 aliphatic rings. The molecule has 0 bridgehead atoms. The second-order valence-corrected chi connectivity index (χ2v) is 8.95. The van der Waals surface area contributed by atoms with Crippen LogP contribution in [0.3, 0.4) is 0 Å². The maximum Gasteiger partial charge on any atom is 0.323 e. The Hall–Kier alpha value is -5.06. The molecule has 2 atom stereocenters. The molecular formula is C29H32N4O7. The van der Waals surface area contributed by atoms with Gasteiger partial charge in [0.1, 0.15) is 0 Å². The number of nitrogens with one attached hydrogen (secondary N) is 4. The highest BCUT2D eigenvalue weighted by Crippen LogP contribution is 2.31. The Balaban J connectivity index is 1.54. The van der Waals surface area contributed by atoms with Crippen molar-refractivity contribution in [3.63, 3.8) is 0 Å². The zero-order valence-corrected chi connectivity index (χ0v) is 22.4. The minimum absolute atomic E-state index is 0.128. The number of ether oxygens (including phenoxy) is 2. The number of rotatable bonds is 12. The van der Waals surface area contributed by atoms with Gasteiger partial charge in [-0.1, -0.05) is 31.2 Å². The van der Waals surface area contributed by atoms with E-state index >= 15 is 0 Å². The fourth-order valence-corrected chi connectivity index (χ4v) is 3.85. The highest BCUT2D eigenvalue weighted by atomic mass is 16.5. The summed E-state index contributed by atoms with van der Waals surface area (Å²) in [4.78, 5) is 49.1. The zero-order valence-electron chi connectivity index (χ0n) is 22.4. The molecule has 0 fully saturated rings. The van der Waals surface area contributed by atoms with Crippen molar-refractivity contribution in [2.75, 3.05) is 30.2 Å². The topological polar surface area (TPSA) is 155 Å². The Morgan fingerprint density at radius 3 is 1.90 bits per heavy atom. The van der Waals surface area contributed by atoms with Gasteiger partial charge in [-0.3, -0.25) is 14.4 Å². The largest absolute Gasteiger partial charge is 0.493 e.